The molecule has 0 radical (unpaired) electrons. The zero-order valence-corrected chi connectivity index (χ0v) is 11.4. The molecule has 1 atom stereocenters. The number of likely N-dealkylation sites (tertiary alicyclic amines) is 1. The molecule has 0 aromatic heterocycles. The van der Waals surface area contributed by atoms with Crippen LogP contribution in [-0.4, -0.2) is 29.9 Å². The first kappa shape index (κ1) is 12.5. The molecule has 0 aromatic carbocycles. The molecule has 1 heterocycles. The Morgan fingerprint density at radius 3 is 2.71 bits per heavy atom. The lowest BCUT2D eigenvalue weighted by molar-refractivity contribution is 0.129. The molecule has 0 N–H and O–H groups in total. The maximum Gasteiger partial charge on any atom is 0.00949 e. The number of halogens is 1. The van der Waals surface area contributed by atoms with Gasteiger partial charge in [-0.1, -0.05) is 43.1 Å². The second kappa shape index (κ2) is 5.50. The Kier molecular flexibility index (Phi) is 4.92. The Morgan fingerprint density at radius 2 is 2.14 bits per heavy atom. The maximum absolute atomic E-state index is 3.60. The van der Waals surface area contributed by atoms with E-state index in [1.807, 2.05) is 0 Å². The Bertz CT molecular complexity index is 168. The van der Waals surface area contributed by atoms with Crippen LogP contribution in [0.1, 0.15) is 40.0 Å². The molecule has 0 spiro atoms. The van der Waals surface area contributed by atoms with Crippen LogP contribution in [-0.2, 0) is 0 Å². The van der Waals surface area contributed by atoms with Crippen LogP contribution < -0.4 is 0 Å². The zero-order valence-electron chi connectivity index (χ0n) is 9.85. The van der Waals surface area contributed by atoms with Gasteiger partial charge in [0.25, 0.3) is 0 Å². The minimum Gasteiger partial charge on any atom is -0.303 e. The minimum absolute atomic E-state index is 0.426. The van der Waals surface area contributed by atoms with Crippen molar-refractivity contribution in [1.29, 1.82) is 0 Å². The van der Waals surface area contributed by atoms with Gasteiger partial charge in [-0.2, -0.15) is 0 Å². The van der Waals surface area contributed by atoms with E-state index in [1.165, 1.54) is 38.9 Å². The summed E-state index contributed by atoms with van der Waals surface area (Å²) in [6.45, 7) is 10.9. The number of hydrogen-bond donors (Lipinski definition) is 0. The van der Waals surface area contributed by atoms with Crippen molar-refractivity contribution >= 4 is 15.9 Å². The summed E-state index contributed by atoms with van der Waals surface area (Å²) in [6.07, 6.45) is 4.20. The second-order valence-electron chi connectivity index (χ2n) is 5.45. The molecule has 1 nitrogen and oxygen atoms in total. The van der Waals surface area contributed by atoms with E-state index >= 15 is 0 Å². The molecular weight excluding hydrogens is 238 g/mol. The van der Waals surface area contributed by atoms with Gasteiger partial charge in [0.2, 0.25) is 0 Å². The van der Waals surface area contributed by atoms with Gasteiger partial charge in [0.15, 0.2) is 0 Å². The summed E-state index contributed by atoms with van der Waals surface area (Å²) in [5.41, 5.74) is 0.426. The van der Waals surface area contributed by atoms with Gasteiger partial charge in [0, 0.05) is 18.4 Å². The molecule has 1 rings (SSSR count). The molecule has 0 bridgehead atoms. The first-order chi connectivity index (χ1) is 6.57. The summed E-state index contributed by atoms with van der Waals surface area (Å²) >= 11 is 3.60. The fourth-order valence-corrected chi connectivity index (χ4v) is 2.45. The van der Waals surface area contributed by atoms with Gasteiger partial charge in [-0.3, -0.25) is 0 Å². The number of piperidine rings is 1. The molecule has 2 heteroatoms. The van der Waals surface area contributed by atoms with Gasteiger partial charge in [-0.05, 0) is 30.7 Å². The Labute approximate surface area is 97.4 Å². The molecule has 1 aliphatic rings. The lowest BCUT2D eigenvalue weighted by Crippen LogP contribution is -2.41. The zero-order chi connectivity index (χ0) is 10.6. The summed E-state index contributed by atoms with van der Waals surface area (Å²) < 4.78 is 0. The topological polar surface area (TPSA) is 3.24 Å². The number of hydrogen-bond acceptors (Lipinski definition) is 1. The highest BCUT2D eigenvalue weighted by molar-refractivity contribution is 9.09. The van der Waals surface area contributed by atoms with Crippen LogP contribution in [0.3, 0.4) is 0 Å². The lowest BCUT2D eigenvalue weighted by Gasteiger charge is -2.37. The first-order valence-corrected chi connectivity index (χ1v) is 6.98. The molecule has 1 fully saturated rings. The van der Waals surface area contributed by atoms with Crippen molar-refractivity contribution in [2.24, 2.45) is 11.3 Å². The third-order valence-corrected chi connectivity index (χ3v) is 4.71. The van der Waals surface area contributed by atoms with Crippen LogP contribution in [0.4, 0.5) is 0 Å². The smallest absolute Gasteiger partial charge is 0.00949 e. The second-order valence-corrected chi connectivity index (χ2v) is 6.01. The maximum atomic E-state index is 3.60. The Balaban J connectivity index is 2.37. The monoisotopic (exact) mass is 261 g/mol. The third-order valence-electron chi connectivity index (χ3n) is 3.19. The van der Waals surface area contributed by atoms with E-state index in [1.54, 1.807) is 0 Å². The van der Waals surface area contributed by atoms with Crippen molar-refractivity contribution in [2.75, 3.05) is 25.0 Å². The van der Waals surface area contributed by atoms with Crippen molar-refractivity contribution in [3.05, 3.63) is 0 Å². The average Bonchev–Trinajstić information content (AvgIpc) is 2.17. The predicted octanol–water partition coefficient (Wildman–Crippen LogP) is 3.53. The van der Waals surface area contributed by atoms with Crippen molar-refractivity contribution in [2.45, 2.75) is 40.0 Å². The fraction of sp³-hybridized carbons (Fsp3) is 1.00. The van der Waals surface area contributed by atoms with E-state index in [2.05, 4.69) is 41.6 Å². The highest BCUT2D eigenvalue weighted by Crippen LogP contribution is 2.25. The van der Waals surface area contributed by atoms with Crippen LogP contribution in [0.5, 0.6) is 0 Å². The van der Waals surface area contributed by atoms with Gasteiger partial charge in [-0.15, -0.1) is 0 Å². The highest BCUT2D eigenvalue weighted by atomic mass is 79.9. The molecular formula is C12H24BrN. The van der Waals surface area contributed by atoms with Crippen molar-refractivity contribution in [1.82, 2.24) is 4.90 Å². The molecule has 1 saturated heterocycles. The minimum atomic E-state index is 0.426. The molecule has 1 aliphatic heterocycles. The van der Waals surface area contributed by atoms with E-state index in [9.17, 15) is 0 Å². The molecule has 1 unspecified atom stereocenters. The summed E-state index contributed by atoms with van der Waals surface area (Å²) in [5.74, 6) is 0.954. The summed E-state index contributed by atoms with van der Waals surface area (Å²) in [4.78, 5) is 2.65. The van der Waals surface area contributed by atoms with E-state index in [-0.39, 0.29) is 0 Å². The number of rotatable bonds is 4. The standard InChI is InChI=1S/C12H24BrN/c1-4-11-6-5-7-14(8-11)10-12(2,3)9-13/h11H,4-10H2,1-3H3. The number of alkyl halides is 1. The number of nitrogens with zero attached hydrogens (tertiary/aromatic N) is 1. The summed E-state index contributed by atoms with van der Waals surface area (Å²) in [5, 5.41) is 1.10. The molecule has 14 heavy (non-hydrogen) atoms. The van der Waals surface area contributed by atoms with E-state index in [0.29, 0.717) is 5.41 Å². The molecule has 0 saturated carbocycles. The first-order valence-electron chi connectivity index (χ1n) is 5.85. The van der Waals surface area contributed by atoms with Crippen LogP contribution in [0.25, 0.3) is 0 Å². The highest BCUT2D eigenvalue weighted by Gasteiger charge is 2.24. The SMILES string of the molecule is CCC1CCCN(CC(C)(C)CBr)C1. The summed E-state index contributed by atoms with van der Waals surface area (Å²) in [7, 11) is 0. The van der Waals surface area contributed by atoms with Gasteiger partial charge >= 0.3 is 0 Å². The molecule has 0 aliphatic carbocycles. The van der Waals surface area contributed by atoms with E-state index in [4.69, 9.17) is 0 Å². The molecule has 0 amide bonds. The quantitative estimate of drug-likeness (QED) is 0.700. The average molecular weight is 262 g/mol. The van der Waals surface area contributed by atoms with Gasteiger partial charge in [0.05, 0.1) is 0 Å². The van der Waals surface area contributed by atoms with Gasteiger partial charge < -0.3 is 4.90 Å². The van der Waals surface area contributed by atoms with Crippen molar-refractivity contribution < 1.29 is 0 Å². The van der Waals surface area contributed by atoms with Crippen LogP contribution in [0.2, 0.25) is 0 Å². The normalized spacial score (nSPS) is 25.3. The van der Waals surface area contributed by atoms with Gasteiger partial charge in [-0.25, -0.2) is 0 Å². The Hall–Kier alpha value is 0.440. The lowest BCUT2D eigenvalue weighted by atomic mass is 9.91. The van der Waals surface area contributed by atoms with Crippen LogP contribution in [0, 0.1) is 11.3 Å². The van der Waals surface area contributed by atoms with E-state index in [0.717, 1.165) is 11.2 Å². The van der Waals surface area contributed by atoms with Crippen molar-refractivity contribution in [3.63, 3.8) is 0 Å². The largest absolute Gasteiger partial charge is 0.303 e. The third kappa shape index (κ3) is 3.90. The van der Waals surface area contributed by atoms with Crippen LogP contribution in [0.15, 0.2) is 0 Å². The van der Waals surface area contributed by atoms with E-state index < -0.39 is 0 Å². The Morgan fingerprint density at radius 1 is 1.43 bits per heavy atom. The fourth-order valence-electron chi connectivity index (χ4n) is 2.28. The molecule has 84 valence electrons. The predicted molar refractivity (Wildman–Crippen MR) is 67.0 cm³/mol. The van der Waals surface area contributed by atoms with Crippen molar-refractivity contribution in [3.8, 4) is 0 Å². The van der Waals surface area contributed by atoms with Gasteiger partial charge in [0.1, 0.15) is 0 Å². The molecule has 0 aromatic rings. The summed E-state index contributed by atoms with van der Waals surface area (Å²) in [6, 6.07) is 0. The van der Waals surface area contributed by atoms with Crippen LogP contribution >= 0.6 is 15.9 Å².